The molecule has 1 fully saturated rings. The Hall–Kier alpha value is -3.72. The molecular formula is C26H31NO8. The molecule has 1 aliphatic heterocycles. The van der Waals surface area contributed by atoms with E-state index in [9.17, 15) is 14.7 Å². The van der Waals surface area contributed by atoms with Crippen LogP contribution in [0.1, 0.15) is 30.5 Å². The Labute approximate surface area is 204 Å². The van der Waals surface area contributed by atoms with Crippen molar-refractivity contribution >= 4 is 17.4 Å². The van der Waals surface area contributed by atoms with E-state index in [0.29, 0.717) is 40.7 Å². The van der Waals surface area contributed by atoms with E-state index in [0.717, 1.165) is 6.42 Å². The molecule has 35 heavy (non-hydrogen) atoms. The van der Waals surface area contributed by atoms with E-state index in [-0.39, 0.29) is 24.5 Å². The zero-order valence-electron chi connectivity index (χ0n) is 20.6. The standard InChI is InChI=1S/C26H31NO8/c1-6-12-35-18-9-7-16(8-10-18)23(28)21-22(27(11-13-31-2)26(30)24(21)29)17-14-19(32-3)25(34-5)20(15-17)33-4/h7-10,14-15,22,28H,6,11-13H2,1-5H3/b23-21+. The van der Waals surface area contributed by atoms with Crippen molar-refractivity contribution in [2.45, 2.75) is 19.4 Å². The molecule has 0 aliphatic carbocycles. The molecule has 3 rings (SSSR count). The number of Topliss-reactive ketones (excluding diaryl/α,β-unsaturated/α-hetero) is 1. The summed E-state index contributed by atoms with van der Waals surface area (Å²) in [6, 6.07) is 9.14. The third-order valence-electron chi connectivity index (χ3n) is 5.68. The molecule has 1 aliphatic rings. The van der Waals surface area contributed by atoms with Gasteiger partial charge in [-0.15, -0.1) is 0 Å². The molecule has 9 heteroatoms. The van der Waals surface area contributed by atoms with Crippen molar-refractivity contribution in [2.24, 2.45) is 0 Å². The van der Waals surface area contributed by atoms with Crippen LogP contribution in [0.5, 0.6) is 23.0 Å². The van der Waals surface area contributed by atoms with E-state index in [1.807, 2.05) is 6.92 Å². The first-order chi connectivity index (χ1) is 16.9. The van der Waals surface area contributed by atoms with Gasteiger partial charge in [-0.2, -0.15) is 0 Å². The lowest BCUT2D eigenvalue weighted by Crippen LogP contribution is -2.32. The zero-order chi connectivity index (χ0) is 25.5. The number of hydrogen-bond acceptors (Lipinski definition) is 8. The number of rotatable bonds is 11. The Morgan fingerprint density at radius 2 is 1.57 bits per heavy atom. The fourth-order valence-electron chi connectivity index (χ4n) is 3.99. The van der Waals surface area contributed by atoms with Crippen molar-refractivity contribution in [3.05, 3.63) is 53.1 Å². The predicted octanol–water partition coefficient (Wildman–Crippen LogP) is 3.57. The van der Waals surface area contributed by atoms with Gasteiger partial charge in [0.15, 0.2) is 11.5 Å². The van der Waals surface area contributed by atoms with Crippen LogP contribution in [0.3, 0.4) is 0 Å². The number of amides is 1. The van der Waals surface area contributed by atoms with E-state index in [2.05, 4.69) is 0 Å². The molecule has 1 amide bonds. The van der Waals surface area contributed by atoms with E-state index >= 15 is 0 Å². The van der Waals surface area contributed by atoms with Crippen LogP contribution in [-0.2, 0) is 14.3 Å². The van der Waals surface area contributed by atoms with E-state index in [4.69, 9.17) is 23.7 Å². The third-order valence-corrected chi connectivity index (χ3v) is 5.68. The SMILES string of the molecule is CCCOc1ccc(/C(O)=C2\C(=O)C(=O)N(CCOC)C2c2cc(OC)c(OC)c(OC)c2)cc1. The number of ketones is 1. The lowest BCUT2D eigenvalue weighted by atomic mass is 9.94. The van der Waals surface area contributed by atoms with Gasteiger partial charge >= 0.3 is 0 Å². The number of aliphatic hydroxyl groups is 1. The average Bonchev–Trinajstić information content (AvgIpc) is 3.14. The predicted molar refractivity (Wildman–Crippen MR) is 129 cm³/mol. The van der Waals surface area contributed by atoms with Gasteiger partial charge in [-0.3, -0.25) is 9.59 Å². The van der Waals surface area contributed by atoms with Crippen molar-refractivity contribution in [1.82, 2.24) is 4.90 Å². The molecule has 188 valence electrons. The highest BCUT2D eigenvalue weighted by atomic mass is 16.5. The summed E-state index contributed by atoms with van der Waals surface area (Å²) in [6.07, 6.45) is 0.863. The molecule has 0 aromatic heterocycles. The topological polar surface area (TPSA) is 104 Å². The van der Waals surface area contributed by atoms with E-state index < -0.39 is 17.7 Å². The van der Waals surface area contributed by atoms with Gasteiger partial charge in [0.1, 0.15) is 11.5 Å². The van der Waals surface area contributed by atoms with Gasteiger partial charge in [0.25, 0.3) is 11.7 Å². The Kier molecular flexibility index (Phi) is 8.59. The number of hydrogen-bond donors (Lipinski definition) is 1. The van der Waals surface area contributed by atoms with Gasteiger partial charge in [-0.05, 0) is 48.4 Å². The molecule has 1 atom stereocenters. The molecule has 0 radical (unpaired) electrons. The summed E-state index contributed by atoms with van der Waals surface area (Å²) in [6.45, 7) is 2.92. The first-order valence-electron chi connectivity index (χ1n) is 11.2. The van der Waals surface area contributed by atoms with Crippen LogP contribution in [0, 0.1) is 0 Å². The van der Waals surface area contributed by atoms with Crippen molar-refractivity contribution in [3.8, 4) is 23.0 Å². The summed E-state index contributed by atoms with van der Waals surface area (Å²) >= 11 is 0. The summed E-state index contributed by atoms with van der Waals surface area (Å²) in [4.78, 5) is 27.5. The maximum atomic E-state index is 13.2. The maximum absolute atomic E-state index is 13.2. The van der Waals surface area contributed by atoms with Gasteiger partial charge in [0.2, 0.25) is 5.75 Å². The Morgan fingerprint density at radius 1 is 0.943 bits per heavy atom. The third kappa shape index (κ3) is 5.19. The van der Waals surface area contributed by atoms with Crippen LogP contribution in [-0.4, -0.2) is 69.9 Å². The smallest absolute Gasteiger partial charge is 0.295 e. The number of likely N-dealkylation sites (tertiary alicyclic amines) is 1. The van der Waals surface area contributed by atoms with Gasteiger partial charge in [0, 0.05) is 19.2 Å². The number of carbonyl (C=O) groups excluding carboxylic acids is 2. The van der Waals surface area contributed by atoms with Crippen LogP contribution in [0.2, 0.25) is 0 Å². The number of carbonyl (C=O) groups is 2. The van der Waals surface area contributed by atoms with Gasteiger partial charge in [0.05, 0.1) is 46.2 Å². The molecule has 1 saturated heterocycles. The van der Waals surface area contributed by atoms with Gasteiger partial charge < -0.3 is 33.7 Å². The summed E-state index contributed by atoms with van der Waals surface area (Å²) in [5, 5.41) is 11.2. The highest BCUT2D eigenvalue weighted by molar-refractivity contribution is 6.46. The number of nitrogens with zero attached hydrogens (tertiary/aromatic N) is 1. The highest BCUT2D eigenvalue weighted by Gasteiger charge is 2.46. The Balaban J connectivity index is 2.17. The van der Waals surface area contributed by atoms with E-state index in [1.165, 1.54) is 33.3 Å². The second-order valence-corrected chi connectivity index (χ2v) is 7.82. The molecule has 1 N–H and O–H groups in total. The molecule has 1 unspecified atom stereocenters. The van der Waals surface area contributed by atoms with Crippen molar-refractivity contribution < 1.29 is 38.4 Å². The molecule has 9 nitrogen and oxygen atoms in total. The van der Waals surface area contributed by atoms with Crippen LogP contribution in [0.15, 0.2) is 42.0 Å². The lowest BCUT2D eigenvalue weighted by Gasteiger charge is -2.26. The van der Waals surface area contributed by atoms with Crippen LogP contribution in [0.25, 0.3) is 5.76 Å². The average molecular weight is 486 g/mol. The fraction of sp³-hybridized carbons (Fsp3) is 0.385. The Morgan fingerprint density at radius 3 is 2.09 bits per heavy atom. The van der Waals surface area contributed by atoms with Crippen LogP contribution < -0.4 is 18.9 Å². The van der Waals surface area contributed by atoms with Crippen molar-refractivity contribution in [3.63, 3.8) is 0 Å². The first-order valence-corrected chi connectivity index (χ1v) is 11.2. The molecule has 2 aromatic carbocycles. The molecule has 0 bridgehead atoms. The van der Waals surface area contributed by atoms with Crippen molar-refractivity contribution in [1.29, 1.82) is 0 Å². The summed E-state index contributed by atoms with van der Waals surface area (Å²) in [7, 11) is 5.95. The minimum Gasteiger partial charge on any atom is -0.507 e. The first kappa shape index (κ1) is 25.9. The molecule has 0 spiro atoms. The lowest BCUT2D eigenvalue weighted by molar-refractivity contribution is -0.140. The summed E-state index contributed by atoms with van der Waals surface area (Å²) in [5.74, 6) is -0.0773. The minimum atomic E-state index is -0.894. The number of aliphatic hydroxyl groups excluding tert-OH is 1. The van der Waals surface area contributed by atoms with E-state index in [1.54, 1.807) is 36.4 Å². The molecule has 1 heterocycles. The summed E-state index contributed by atoms with van der Waals surface area (Å²) in [5.41, 5.74) is 0.859. The monoisotopic (exact) mass is 485 g/mol. The van der Waals surface area contributed by atoms with Crippen LogP contribution in [0.4, 0.5) is 0 Å². The maximum Gasteiger partial charge on any atom is 0.295 e. The normalized spacial score (nSPS) is 16.9. The second-order valence-electron chi connectivity index (χ2n) is 7.82. The largest absolute Gasteiger partial charge is 0.507 e. The van der Waals surface area contributed by atoms with Crippen molar-refractivity contribution in [2.75, 3.05) is 48.2 Å². The second kappa shape index (κ2) is 11.6. The zero-order valence-corrected chi connectivity index (χ0v) is 20.6. The van der Waals surface area contributed by atoms with Crippen LogP contribution >= 0.6 is 0 Å². The summed E-state index contributed by atoms with van der Waals surface area (Å²) < 4.78 is 27.1. The minimum absolute atomic E-state index is 0.0393. The number of methoxy groups -OCH3 is 4. The molecule has 2 aromatic rings. The van der Waals surface area contributed by atoms with Gasteiger partial charge in [-0.1, -0.05) is 6.92 Å². The fourth-order valence-corrected chi connectivity index (χ4v) is 3.99. The van der Waals surface area contributed by atoms with Gasteiger partial charge in [-0.25, -0.2) is 0 Å². The Bertz CT molecular complexity index is 1070. The highest BCUT2D eigenvalue weighted by Crippen LogP contribution is 2.45. The molecular weight excluding hydrogens is 454 g/mol. The quantitative estimate of drug-likeness (QED) is 0.293. The number of benzene rings is 2. The molecule has 0 saturated carbocycles. The number of ether oxygens (including phenoxy) is 5.